The van der Waals surface area contributed by atoms with Crippen molar-refractivity contribution in [2.24, 2.45) is 0 Å². The van der Waals surface area contributed by atoms with Crippen LogP contribution < -0.4 is 20.7 Å². The van der Waals surface area contributed by atoms with Crippen LogP contribution in [-0.2, 0) is 4.74 Å². The van der Waals surface area contributed by atoms with Gasteiger partial charge in [-0.3, -0.25) is 0 Å². The summed E-state index contributed by atoms with van der Waals surface area (Å²) in [6, 6.07) is 6.96. The summed E-state index contributed by atoms with van der Waals surface area (Å²) in [6.07, 6.45) is 0.0102. The number of methoxy groups -OCH3 is 2. The molecule has 3 N–H and O–H groups in total. The fourth-order valence-corrected chi connectivity index (χ4v) is 2.08. The van der Waals surface area contributed by atoms with Gasteiger partial charge in [-0.15, -0.1) is 0 Å². The molecule has 6 nitrogen and oxygen atoms in total. The lowest BCUT2D eigenvalue weighted by Crippen LogP contribution is -2.45. The van der Waals surface area contributed by atoms with Crippen molar-refractivity contribution < 1.29 is 14.3 Å². The Kier molecular flexibility index (Phi) is 4.59. The highest BCUT2D eigenvalue weighted by Crippen LogP contribution is 2.16. The van der Waals surface area contributed by atoms with Crippen LogP contribution in [0.4, 0.5) is 10.5 Å². The SMILES string of the molecule is COc1cccc(NC(=O)NC2CNC[C@@H]2OC)c1. The lowest BCUT2D eigenvalue weighted by Gasteiger charge is -2.19. The molecule has 0 bridgehead atoms. The van der Waals surface area contributed by atoms with Gasteiger partial charge in [0, 0.05) is 32.0 Å². The van der Waals surface area contributed by atoms with E-state index in [2.05, 4.69) is 16.0 Å². The van der Waals surface area contributed by atoms with Crippen LogP contribution in [0, 0.1) is 0 Å². The fourth-order valence-electron chi connectivity index (χ4n) is 2.08. The largest absolute Gasteiger partial charge is 0.497 e. The van der Waals surface area contributed by atoms with Gasteiger partial charge < -0.3 is 25.4 Å². The number of carbonyl (C=O) groups is 1. The first-order valence-corrected chi connectivity index (χ1v) is 6.18. The maximum Gasteiger partial charge on any atom is 0.319 e. The van der Waals surface area contributed by atoms with Gasteiger partial charge in [0.1, 0.15) is 5.75 Å². The molecule has 1 aliphatic heterocycles. The number of rotatable bonds is 4. The summed E-state index contributed by atoms with van der Waals surface area (Å²) in [5, 5.41) is 8.84. The first-order valence-electron chi connectivity index (χ1n) is 6.18. The average molecular weight is 265 g/mol. The second-order valence-electron chi connectivity index (χ2n) is 4.37. The normalized spacial score (nSPS) is 22.0. The molecule has 2 rings (SSSR count). The van der Waals surface area contributed by atoms with Crippen LogP contribution in [0.2, 0.25) is 0 Å². The Hall–Kier alpha value is -1.79. The van der Waals surface area contributed by atoms with E-state index in [0.717, 1.165) is 6.54 Å². The van der Waals surface area contributed by atoms with Crippen LogP contribution in [0.5, 0.6) is 5.75 Å². The Labute approximate surface area is 112 Å². The molecule has 0 aliphatic carbocycles. The van der Waals surface area contributed by atoms with Crippen molar-refractivity contribution in [1.29, 1.82) is 0 Å². The Balaban J connectivity index is 1.90. The monoisotopic (exact) mass is 265 g/mol. The number of hydrogen-bond acceptors (Lipinski definition) is 4. The molecule has 2 atom stereocenters. The van der Waals surface area contributed by atoms with E-state index in [1.807, 2.05) is 18.2 Å². The second kappa shape index (κ2) is 6.40. The Morgan fingerprint density at radius 1 is 1.37 bits per heavy atom. The van der Waals surface area contributed by atoms with Crippen LogP contribution in [0.3, 0.4) is 0 Å². The van der Waals surface area contributed by atoms with Crippen LogP contribution in [-0.4, -0.2) is 45.5 Å². The lowest BCUT2D eigenvalue weighted by atomic mass is 10.2. The zero-order valence-electron chi connectivity index (χ0n) is 11.1. The third kappa shape index (κ3) is 3.59. The predicted octanol–water partition coefficient (Wildman–Crippen LogP) is 0.803. The third-order valence-corrected chi connectivity index (χ3v) is 3.11. The first-order chi connectivity index (χ1) is 9.22. The van der Waals surface area contributed by atoms with Gasteiger partial charge in [-0.05, 0) is 12.1 Å². The van der Waals surface area contributed by atoms with Crippen molar-refractivity contribution in [2.75, 3.05) is 32.6 Å². The molecule has 19 heavy (non-hydrogen) atoms. The van der Waals surface area contributed by atoms with Crippen molar-refractivity contribution in [3.8, 4) is 5.75 Å². The van der Waals surface area contributed by atoms with Gasteiger partial charge in [-0.2, -0.15) is 0 Å². The zero-order chi connectivity index (χ0) is 13.7. The fraction of sp³-hybridized carbons (Fsp3) is 0.462. The minimum Gasteiger partial charge on any atom is -0.497 e. The van der Waals surface area contributed by atoms with Crippen molar-refractivity contribution in [2.45, 2.75) is 12.1 Å². The molecule has 6 heteroatoms. The number of urea groups is 1. The molecule has 1 fully saturated rings. The number of carbonyl (C=O) groups excluding carboxylic acids is 1. The minimum atomic E-state index is -0.246. The number of anilines is 1. The quantitative estimate of drug-likeness (QED) is 0.753. The zero-order valence-corrected chi connectivity index (χ0v) is 11.1. The highest BCUT2D eigenvalue weighted by molar-refractivity contribution is 5.89. The van der Waals surface area contributed by atoms with Crippen molar-refractivity contribution in [3.63, 3.8) is 0 Å². The second-order valence-corrected chi connectivity index (χ2v) is 4.37. The van der Waals surface area contributed by atoms with Gasteiger partial charge in [0.2, 0.25) is 0 Å². The summed E-state index contributed by atoms with van der Waals surface area (Å²) in [5.74, 6) is 0.704. The van der Waals surface area contributed by atoms with E-state index in [1.165, 1.54) is 0 Å². The number of nitrogens with one attached hydrogen (secondary N) is 3. The predicted molar refractivity (Wildman–Crippen MR) is 72.6 cm³/mol. The van der Waals surface area contributed by atoms with Crippen molar-refractivity contribution in [3.05, 3.63) is 24.3 Å². The standard InChI is InChI=1S/C13H19N3O3/c1-18-10-5-3-4-9(6-10)15-13(17)16-11-7-14-8-12(11)19-2/h3-6,11-12,14H,7-8H2,1-2H3,(H2,15,16,17)/t11?,12-/m0/s1. The van der Waals surface area contributed by atoms with E-state index in [-0.39, 0.29) is 18.2 Å². The van der Waals surface area contributed by atoms with Gasteiger partial charge in [0.15, 0.2) is 0 Å². The van der Waals surface area contributed by atoms with Crippen LogP contribution >= 0.6 is 0 Å². The smallest absolute Gasteiger partial charge is 0.319 e. The lowest BCUT2D eigenvalue weighted by molar-refractivity contribution is 0.0991. The van der Waals surface area contributed by atoms with Gasteiger partial charge in [-0.1, -0.05) is 6.07 Å². The van der Waals surface area contributed by atoms with Gasteiger partial charge in [-0.25, -0.2) is 4.79 Å². The molecule has 0 aromatic heterocycles. The molecule has 1 aromatic rings. The van der Waals surface area contributed by atoms with Crippen LogP contribution in [0.1, 0.15) is 0 Å². The Bertz CT molecular complexity index is 439. The Morgan fingerprint density at radius 2 is 2.21 bits per heavy atom. The van der Waals surface area contributed by atoms with Crippen molar-refractivity contribution >= 4 is 11.7 Å². The molecular formula is C13H19N3O3. The molecule has 2 amide bonds. The molecule has 1 heterocycles. The molecular weight excluding hydrogens is 246 g/mol. The van der Waals surface area contributed by atoms with Gasteiger partial charge >= 0.3 is 6.03 Å². The molecule has 0 radical (unpaired) electrons. The van der Waals surface area contributed by atoms with Crippen LogP contribution in [0.25, 0.3) is 0 Å². The molecule has 1 saturated heterocycles. The summed E-state index contributed by atoms with van der Waals surface area (Å²) in [4.78, 5) is 11.9. The maximum absolute atomic E-state index is 11.9. The summed E-state index contributed by atoms with van der Waals surface area (Å²) in [5.41, 5.74) is 0.691. The van der Waals surface area contributed by atoms with Gasteiger partial charge in [0.05, 0.1) is 19.3 Å². The summed E-state index contributed by atoms with van der Waals surface area (Å²) in [6.45, 7) is 1.46. The van der Waals surface area contributed by atoms with E-state index in [9.17, 15) is 4.79 Å². The van der Waals surface area contributed by atoms with E-state index in [1.54, 1.807) is 20.3 Å². The van der Waals surface area contributed by atoms with E-state index in [0.29, 0.717) is 18.0 Å². The number of hydrogen-bond donors (Lipinski definition) is 3. The van der Waals surface area contributed by atoms with E-state index >= 15 is 0 Å². The molecule has 1 aliphatic rings. The summed E-state index contributed by atoms with van der Waals surface area (Å²) < 4.78 is 10.4. The van der Waals surface area contributed by atoms with Crippen molar-refractivity contribution in [1.82, 2.24) is 10.6 Å². The summed E-state index contributed by atoms with van der Waals surface area (Å²) in [7, 11) is 3.23. The highest BCUT2D eigenvalue weighted by atomic mass is 16.5. The van der Waals surface area contributed by atoms with E-state index in [4.69, 9.17) is 9.47 Å². The van der Waals surface area contributed by atoms with Gasteiger partial charge in [0.25, 0.3) is 0 Å². The number of ether oxygens (including phenoxy) is 2. The first kappa shape index (κ1) is 13.6. The Morgan fingerprint density at radius 3 is 2.95 bits per heavy atom. The topological polar surface area (TPSA) is 71.6 Å². The average Bonchev–Trinajstić information content (AvgIpc) is 2.86. The highest BCUT2D eigenvalue weighted by Gasteiger charge is 2.28. The maximum atomic E-state index is 11.9. The molecule has 104 valence electrons. The van der Waals surface area contributed by atoms with E-state index < -0.39 is 0 Å². The molecule has 0 saturated carbocycles. The summed E-state index contributed by atoms with van der Waals surface area (Å²) >= 11 is 0. The minimum absolute atomic E-state index is 0.0102. The molecule has 1 unspecified atom stereocenters. The van der Waals surface area contributed by atoms with Crippen LogP contribution in [0.15, 0.2) is 24.3 Å². The number of benzene rings is 1. The third-order valence-electron chi connectivity index (χ3n) is 3.11. The molecule has 1 aromatic carbocycles. The molecule has 0 spiro atoms. The number of amides is 2.